The number of benzene rings is 2. The predicted octanol–water partition coefficient (Wildman–Crippen LogP) is 3.26. The van der Waals surface area contributed by atoms with Crippen LogP contribution >= 0.6 is 11.6 Å². The van der Waals surface area contributed by atoms with Crippen LogP contribution in [0.2, 0.25) is 5.02 Å². The average molecular weight is 350 g/mol. The molecule has 0 aliphatic rings. The zero-order valence-corrected chi connectivity index (χ0v) is 14.5. The molecule has 0 aromatic heterocycles. The summed E-state index contributed by atoms with van der Waals surface area (Å²) in [7, 11) is 3.27. The fourth-order valence-electron chi connectivity index (χ4n) is 1.94. The van der Waals surface area contributed by atoms with E-state index in [0.717, 1.165) is 0 Å². The third-order valence-corrected chi connectivity index (χ3v) is 3.61. The summed E-state index contributed by atoms with van der Waals surface area (Å²) in [5.74, 6) is 1.71. The summed E-state index contributed by atoms with van der Waals surface area (Å²) in [6, 6.07) is 14.3. The first kappa shape index (κ1) is 17.9. The van der Waals surface area contributed by atoms with E-state index in [1.54, 1.807) is 55.5 Å². The van der Waals surface area contributed by atoms with Gasteiger partial charge < -0.3 is 19.1 Å². The lowest BCUT2D eigenvalue weighted by Crippen LogP contribution is -2.34. The third-order valence-electron chi connectivity index (χ3n) is 3.36. The Morgan fingerprint density at radius 1 is 1.04 bits per heavy atom. The highest BCUT2D eigenvalue weighted by atomic mass is 35.5. The predicted molar refractivity (Wildman–Crippen MR) is 93.1 cm³/mol. The second kappa shape index (κ2) is 9.03. The molecule has 0 radical (unpaired) electrons. The largest absolute Gasteiger partial charge is 0.493 e. The monoisotopic (exact) mass is 349 g/mol. The summed E-state index contributed by atoms with van der Waals surface area (Å²) in [6.45, 7) is 0.785. The van der Waals surface area contributed by atoms with Crippen molar-refractivity contribution in [1.29, 1.82) is 0 Å². The van der Waals surface area contributed by atoms with Crippen molar-refractivity contribution in [3.63, 3.8) is 0 Å². The number of hydrogen-bond acceptors (Lipinski definition) is 4. The molecule has 2 aromatic carbocycles. The molecular formula is C18H20ClNO4. The van der Waals surface area contributed by atoms with Crippen molar-refractivity contribution >= 4 is 17.5 Å². The van der Waals surface area contributed by atoms with Gasteiger partial charge in [0.05, 0.1) is 13.7 Å². The summed E-state index contributed by atoms with van der Waals surface area (Å²) in [5.41, 5.74) is 0. The molecular weight excluding hydrogens is 330 g/mol. The van der Waals surface area contributed by atoms with Gasteiger partial charge in [-0.2, -0.15) is 0 Å². The van der Waals surface area contributed by atoms with Gasteiger partial charge in [0, 0.05) is 12.1 Å². The van der Waals surface area contributed by atoms with Gasteiger partial charge in [0.2, 0.25) is 0 Å². The van der Waals surface area contributed by atoms with Crippen LogP contribution in [0, 0.1) is 0 Å². The van der Waals surface area contributed by atoms with E-state index in [9.17, 15) is 4.79 Å². The van der Waals surface area contributed by atoms with E-state index < -0.39 is 0 Å². The van der Waals surface area contributed by atoms with Crippen LogP contribution in [0.4, 0.5) is 0 Å². The van der Waals surface area contributed by atoms with Crippen molar-refractivity contribution in [3.05, 3.63) is 53.6 Å². The van der Waals surface area contributed by atoms with E-state index in [1.807, 2.05) is 12.1 Å². The Labute approximate surface area is 146 Å². The number of nitrogens with zero attached hydrogens (tertiary/aromatic N) is 1. The van der Waals surface area contributed by atoms with Gasteiger partial charge in [-0.1, -0.05) is 23.7 Å². The molecule has 5 nitrogen and oxygen atoms in total. The Morgan fingerprint density at radius 2 is 1.71 bits per heavy atom. The van der Waals surface area contributed by atoms with Crippen LogP contribution < -0.4 is 14.2 Å². The minimum atomic E-state index is -0.138. The van der Waals surface area contributed by atoms with Crippen LogP contribution in [-0.2, 0) is 4.79 Å². The SMILES string of the molecule is COc1ccccc1OCC(=O)N(C)CCOc1ccc(Cl)cc1. The molecule has 1 amide bonds. The van der Waals surface area contributed by atoms with Crippen molar-refractivity contribution in [1.82, 2.24) is 4.90 Å². The number of carbonyl (C=O) groups excluding carboxylic acids is 1. The highest BCUT2D eigenvalue weighted by Gasteiger charge is 2.11. The molecule has 6 heteroatoms. The van der Waals surface area contributed by atoms with Gasteiger partial charge in [0.1, 0.15) is 12.4 Å². The zero-order chi connectivity index (χ0) is 17.4. The van der Waals surface area contributed by atoms with Crippen molar-refractivity contribution in [2.45, 2.75) is 0 Å². The molecule has 0 aliphatic heterocycles. The Balaban J connectivity index is 1.74. The fourth-order valence-corrected chi connectivity index (χ4v) is 2.07. The Morgan fingerprint density at radius 3 is 2.38 bits per heavy atom. The molecule has 0 atom stereocenters. The van der Waals surface area contributed by atoms with Gasteiger partial charge in [-0.25, -0.2) is 0 Å². The van der Waals surface area contributed by atoms with Crippen molar-refractivity contribution < 1.29 is 19.0 Å². The quantitative estimate of drug-likeness (QED) is 0.734. The molecule has 0 bridgehead atoms. The number of likely N-dealkylation sites (N-methyl/N-ethyl adjacent to an activating group) is 1. The summed E-state index contributed by atoms with van der Waals surface area (Å²) >= 11 is 5.81. The summed E-state index contributed by atoms with van der Waals surface area (Å²) in [5, 5.41) is 0.656. The second-order valence-electron chi connectivity index (χ2n) is 5.06. The van der Waals surface area contributed by atoms with Gasteiger partial charge in [0.25, 0.3) is 5.91 Å². The Bertz CT molecular complexity index is 660. The molecule has 0 saturated carbocycles. The van der Waals surface area contributed by atoms with E-state index in [1.165, 1.54) is 0 Å². The fraction of sp³-hybridized carbons (Fsp3) is 0.278. The molecule has 0 unspecified atom stereocenters. The number of para-hydroxylation sites is 2. The maximum absolute atomic E-state index is 12.1. The zero-order valence-electron chi connectivity index (χ0n) is 13.7. The number of amides is 1. The number of ether oxygens (including phenoxy) is 3. The Kier molecular flexibility index (Phi) is 6.75. The highest BCUT2D eigenvalue weighted by Crippen LogP contribution is 2.25. The molecule has 0 aliphatic carbocycles. The van der Waals surface area contributed by atoms with Crippen LogP contribution in [0.5, 0.6) is 17.2 Å². The first-order valence-electron chi connectivity index (χ1n) is 7.48. The van der Waals surface area contributed by atoms with Gasteiger partial charge in [-0.3, -0.25) is 4.79 Å². The molecule has 128 valence electrons. The topological polar surface area (TPSA) is 48.0 Å². The van der Waals surface area contributed by atoms with Crippen LogP contribution in [0.25, 0.3) is 0 Å². The number of methoxy groups -OCH3 is 1. The summed E-state index contributed by atoms with van der Waals surface area (Å²) < 4.78 is 16.3. The average Bonchev–Trinajstić information content (AvgIpc) is 2.61. The standard InChI is InChI=1S/C18H20ClNO4/c1-20(11-12-23-15-9-7-14(19)8-10-15)18(21)13-24-17-6-4-3-5-16(17)22-2/h3-10H,11-13H2,1-2H3. The summed E-state index contributed by atoms with van der Waals surface area (Å²) in [6.07, 6.45) is 0. The molecule has 0 heterocycles. The molecule has 0 spiro atoms. The van der Waals surface area contributed by atoms with E-state index in [-0.39, 0.29) is 12.5 Å². The lowest BCUT2D eigenvalue weighted by molar-refractivity contribution is -0.132. The van der Waals surface area contributed by atoms with Crippen LogP contribution in [0.3, 0.4) is 0 Å². The number of hydrogen-bond donors (Lipinski definition) is 0. The molecule has 2 rings (SSSR count). The van der Waals surface area contributed by atoms with Crippen LogP contribution in [0.1, 0.15) is 0 Å². The van der Waals surface area contributed by atoms with Crippen molar-refractivity contribution in [2.24, 2.45) is 0 Å². The third kappa shape index (κ3) is 5.35. The van der Waals surface area contributed by atoms with Gasteiger partial charge in [-0.05, 0) is 36.4 Å². The maximum atomic E-state index is 12.1. The second-order valence-corrected chi connectivity index (χ2v) is 5.49. The van der Waals surface area contributed by atoms with Crippen LogP contribution in [-0.4, -0.2) is 44.7 Å². The molecule has 0 fully saturated rings. The van der Waals surface area contributed by atoms with Gasteiger partial charge >= 0.3 is 0 Å². The van der Waals surface area contributed by atoms with E-state index in [0.29, 0.717) is 35.4 Å². The van der Waals surface area contributed by atoms with Crippen LogP contribution in [0.15, 0.2) is 48.5 Å². The first-order valence-corrected chi connectivity index (χ1v) is 7.86. The van der Waals surface area contributed by atoms with E-state index in [4.69, 9.17) is 25.8 Å². The molecule has 2 aromatic rings. The van der Waals surface area contributed by atoms with Gasteiger partial charge in [-0.15, -0.1) is 0 Å². The number of rotatable bonds is 8. The summed E-state index contributed by atoms with van der Waals surface area (Å²) in [4.78, 5) is 13.7. The van der Waals surface area contributed by atoms with E-state index in [2.05, 4.69) is 0 Å². The molecule has 0 N–H and O–H groups in total. The van der Waals surface area contributed by atoms with Crippen molar-refractivity contribution in [2.75, 3.05) is 33.9 Å². The minimum Gasteiger partial charge on any atom is -0.493 e. The normalized spacial score (nSPS) is 10.1. The smallest absolute Gasteiger partial charge is 0.260 e. The maximum Gasteiger partial charge on any atom is 0.260 e. The minimum absolute atomic E-state index is 0.0577. The highest BCUT2D eigenvalue weighted by molar-refractivity contribution is 6.30. The first-order chi connectivity index (χ1) is 11.6. The van der Waals surface area contributed by atoms with Gasteiger partial charge in [0.15, 0.2) is 18.1 Å². The lowest BCUT2D eigenvalue weighted by Gasteiger charge is -2.18. The molecule has 24 heavy (non-hydrogen) atoms. The Hall–Kier alpha value is -2.40. The van der Waals surface area contributed by atoms with E-state index >= 15 is 0 Å². The molecule has 0 saturated heterocycles. The number of carbonyl (C=O) groups is 1. The number of halogens is 1. The van der Waals surface area contributed by atoms with Crippen molar-refractivity contribution in [3.8, 4) is 17.2 Å². The lowest BCUT2D eigenvalue weighted by atomic mass is 10.3.